The van der Waals surface area contributed by atoms with Gasteiger partial charge in [0.2, 0.25) is 0 Å². The topological polar surface area (TPSA) is 57.9 Å². The summed E-state index contributed by atoms with van der Waals surface area (Å²) in [5, 5.41) is 13.8. The molecule has 1 N–H and O–H groups in total. The SMILES string of the molecule is CC1(C)COCC[C@H]1Nc1nc2ccccc2cc1C#N. The standard InChI is InChI=1S/C17H19N3O/c1-17(2)11-21-8-7-15(17)20-16-13(10-18)9-12-5-3-4-6-14(12)19-16/h3-6,9,15H,7-8,11H2,1-2H3,(H,19,20)/t15-/m1/s1. The van der Waals surface area contributed by atoms with E-state index in [1.165, 1.54) is 0 Å². The molecule has 0 unspecified atom stereocenters. The lowest BCUT2D eigenvalue weighted by atomic mass is 9.82. The molecule has 108 valence electrons. The predicted octanol–water partition coefficient (Wildman–Crippen LogP) is 3.33. The lowest BCUT2D eigenvalue weighted by molar-refractivity contribution is 0.00338. The molecule has 3 rings (SSSR count). The number of fused-ring (bicyclic) bond motifs is 1. The molecule has 0 spiro atoms. The zero-order valence-electron chi connectivity index (χ0n) is 12.4. The Hall–Kier alpha value is -2.12. The minimum atomic E-state index is 0.0261. The molecular weight excluding hydrogens is 262 g/mol. The Labute approximate surface area is 124 Å². The van der Waals surface area contributed by atoms with E-state index >= 15 is 0 Å². The molecule has 4 nitrogen and oxygen atoms in total. The van der Waals surface area contributed by atoms with Gasteiger partial charge in [0.1, 0.15) is 11.9 Å². The van der Waals surface area contributed by atoms with Crippen molar-refractivity contribution in [3.8, 4) is 6.07 Å². The summed E-state index contributed by atoms with van der Waals surface area (Å²) in [6, 6.07) is 12.3. The largest absolute Gasteiger partial charge is 0.381 e. The predicted molar refractivity (Wildman–Crippen MR) is 83.1 cm³/mol. The van der Waals surface area contributed by atoms with Crippen molar-refractivity contribution in [3.05, 3.63) is 35.9 Å². The lowest BCUT2D eigenvalue weighted by Crippen LogP contribution is -2.44. The summed E-state index contributed by atoms with van der Waals surface area (Å²) in [5.41, 5.74) is 1.53. The molecule has 2 heterocycles. The van der Waals surface area contributed by atoms with Gasteiger partial charge >= 0.3 is 0 Å². The van der Waals surface area contributed by atoms with Crippen molar-refractivity contribution < 1.29 is 4.74 Å². The van der Waals surface area contributed by atoms with Crippen LogP contribution in [-0.2, 0) is 4.74 Å². The molecule has 1 aromatic carbocycles. The number of nitrogens with one attached hydrogen (secondary N) is 1. The average Bonchev–Trinajstić information content (AvgIpc) is 2.48. The van der Waals surface area contributed by atoms with Crippen LogP contribution in [0.4, 0.5) is 5.82 Å². The van der Waals surface area contributed by atoms with E-state index in [1.807, 2.05) is 30.3 Å². The Kier molecular flexibility index (Phi) is 3.52. The number of hydrogen-bond acceptors (Lipinski definition) is 4. The Bertz CT molecular complexity index is 703. The molecule has 1 fully saturated rings. The molecule has 1 aliphatic rings. The summed E-state index contributed by atoms with van der Waals surface area (Å²) >= 11 is 0. The normalized spacial score (nSPS) is 20.9. The first kappa shape index (κ1) is 13.8. The van der Waals surface area contributed by atoms with Gasteiger partial charge in [-0.25, -0.2) is 4.98 Å². The van der Waals surface area contributed by atoms with E-state index in [9.17, 15) is 5.26 Å². The van der Waals surface area contributed by atoms with Crippen LogP contribution in [0.1, 0.15) is 25.8 Å². The van der Waals surface area contributed by atoms with Gasteiger partial charge in [0, 0.05) is 23.4 Å². The van der Waals surface area contributed by atoms with Crippen LogP contribution in [-0.4, -0.2) is 24.2 Å². The summed E-state index contributed by atoms with van der Waals surface area (Å²) in [6.45, 7) is 5.82. The van der Waals surface area contributed by atoms with Gasteiger partial charge in [-0.3, -0.25) is 0 Å². The van der Waals surface area contributed by atoms with Crippen molar-refractivity contribution in [2.75, 3.05) is 18.5 Å². The number of nitriles is 1. The Morgan fingerprint density at radius 3 is 2.95 bits per heavy atom. The zero-order chi connectivity index (χ0) is 14.9. The second kappa shape index (κ2) is 5.34. The summed E-state index contributed by atoms with van der Waals surface area (Å²) < 4.78 is 5.55. The highest BCUT2D eigenvalue weighted by Crippen LogP contribution is 2.31. The van der Waals surface area contributed by atoms with E-state index in [-0.39, 0.29) is 11.5 Å². The van der Waals surface area contributed by atoms with Crippen molar-refractivity contribution in [1.82, 2.24) is 4.98 Å². The van der Waals surface area contributed by atoms with E-state index < -0.39 is 0 Å². The van der Waals surface area contributed by atoms with Gasteiger partial charge < -0.3 is 10.1 Å². The summed E-state index contributed by atoms with van der Waals surface area (Å²) in [6.07, 6.45) is 0.923. The van der Waals surface area contributed by atoms with E-state index in [4.69, 9.17) is 4.74 Å². The fourth-order valence-corrected chi connectivity index (χ4v) is 2.77. The van der Waals surface area contributed by atoms with Crippen molar-refractivity contribution in [2.24, 2.45) is 5.41 Å². The maximum atomic E-state index is 9.38. The number of hydrogen-bond donors (Lipinski definition) is 1. The van der Waals surface area contributed by atoms with Crippen molar-refractivity contribution in [1.29, 1.82) is 5.26 Å². The third-order valence-electron chi connectivity index (χ3n) is 4.12. The number of rotatable bonds is 2. The molecule has 1 aliphatic heterocycles. The quantitative estimate of drug-likeness (QED) is 0.917. The molecular formula is C17H19N3O. The van der Waals surface area contributed by atoms with Gasteiger partial charge in [-0.05, 0) is 18.6 Å². The minimum absolute atomic E-state index is 0.0261. The van der Waals surface area contributed by atoms with E-state index in [0.717, 1.165) is 30.5 Å². The Morgan fingerprint density at radius 1 is 1.38 bits per heavy atom. The van der Waals surface area contributed by atoms with Gasteiger partial charge in [-0.15, -0.1) is 0 Å². The number of benzene rings is 1. The summed E-state index contributed by atoms with van der Waals surface area (Å²) in [5.74, 6) is 0.677. The monoisotopic (exact) mass is 281 g/mol. The molecule has 1 saturated heterocycles. The molecule has 0 radical (unpaired) electrons. The van der Waals surface area contributed by atoms with Crippen LogP contribution in [0.25, 0.3) is 10.9 Å². The van der Waals surface area contributed by atoms with E-state index in [0.29, 0.717) is 11.4 Å². The molecule has 2 aromatic rings. The van der Waals surface area contributed by atoms with Gasteiger partial charge in [0.15, 0.2) is 0 Å². The number of pyridine rings is 1. The number of para-hydroxylation sites is 1. The first-order valence-electron chi connectivity index (χ1n) is 7.24. The van der Waals surface area contributed by atoms with Crippen molar-refractivity contribution in [3.63, 3.8) is 0 Å². The number of anilines is 1. The van der Waals surface area contributed by atoms with Crippen molar-refractivity contribution in [2.45, 2.75) is 26.3 Å². The molecule has 4 heteroatoms. The van der Waals surface area contributed by atoms with Gasteiger partial charge in [-0.2, -0.15) is 5.26 Å². The first-order valence-corrected chi connectivity index (χ1v) is 7.24. The van der Waals surface area contributed by atoms with Crippen LogP contribution in [0.3, 0.4) is 0 Å². The Morgan fingerprint density at radius 2 is 2.19 bits per heavy atom. The molecule has 1 atom stereocenters. The molecule has 0 amide bonds. The number of aromatic nitrogens is 1. The van der Waals surface area contributed by atoms with Crippen LogP contribution in [0, 0.1) is 16.7 Å². The van der Waals surface area contributed by atoms with E-state index in [2.05, 4.69) is 30.2 Å². The second-order valence-corrected chi connectivity index (χ2v) is 6.22. The van der Waals surface area contributed by atoms with Crippen LogP contribution in [0.15, 0.2) is 30.3 Å². The molecule has 21 heavy (non-hydrogen) atoms. The van der Waals surface area contributed by atoms with Crippen molar-refractivity contribution >= 4 is 16.7 Å². The zero-order valence-corrected chi connectivity index (χ0v) is 12.4. The fraction of sp³-hybridized carbons (Fsp3) is 0.412. The van der Waals surface area contributed by atoms with Gasteiger partial charge in [0.25, 0.3) is 0 Å². The summed E-state index contributed by atoms with van der Waals surface area (Å²) in [4.78, 5) is 4.63. The maximum absolute atomic E-state index is 9.38. The smallest absolute Gasteiger partial charge is 0.144 e. The second-order valence-electron chi connectivity index (χ2n) is 6.22. The number of ether oxygens (including phenoxy) is 1. The molecule has 0 bridgehead atoms. The summed E-state index contributed by atoms with van der Waals surface area (Å²) in [7, 11) is 0. The number of nitrogens with zero attached hydrogens (tertiary/aromatic N) is 2. The average molecular weight is 281 g/mol. The maximum Gasteiger partial charge on any atom is 0.144 e. The van der Waals surface area contributed by atoms with Crippen LogP contribution in [0.2, 0.25) is 0 Å². The highest BCUT2D eigenvalue weighted by atomic mass is 16.5. The fourth-order valence-electron chi connectivity index (χ4n) is 2.77. The first-order chi connectivity index (χ1) is 10.1. The third-order valence-corrected chi connectivity index (χ3v) is 4.12. The van der Waals surface area contributed by atoms with Gasteiger partial charge in [-0.1, -0.05) is 32.0 Å². The third kappa shape index (κ3) is 2.70. The lowest BCUT2D eigenvalue weighted by Gasteiger charge is -2.39. The van der Waals surface area contributed by atoms with Gasteiger partial charge in [0.05, 0.1) is 17.7 Å². The van der Waals surface area contributed by atoms with E-state index in [1.54, 1.807) is 0 Å². The van der Waals surface area contributed by atoms with Crippen LogP contribution in [0.5, 0.6) is 0 Å². The molecule has 0 saturated carbocycles. The minimum Gasteiger partial charge on any atom is -0.381 e. The molecule has 0 aliphatic carbocycles. The highest BCUT2D eigenvalue weighted by Gasteiger charge is 2.33. The van der Waals surface area contributed by atoms with Crippen LogP contribution < -0.4 is 5.32 Å². The highest BCUT2D eigenvalue weighted by molar-refractivity contribution is 5.82. The Balaban J connectivity index is 1.98. The van der Waals surface area contributed by atoms with Crippen LogP contribution >= 0.6 is 0 Å². The molecule has 1 aromatic heterocycles.